The third-order valence-electron chi connectivity index (χ3n) is 4.02. The fourth-order valence-corrected chi connectivity index (χ4v) is 2.62. The van der Waals surface area contributed by atoms with Crippen molar-refractivity contribution in [2.75, 3.05) is 19.7 Å². The van der Waals surface area contributed by atoms with Gasteiger partial charge in [0.05, 0.1) is 0 Å². The Hall–Kier alpha value is -1.55. The normalized spacial score (nSPS) is 19.8. The highest BCUT2D eigenvalue weighted by Crippen LogP contribution is 2.18. The number of nitrogens with zero attached hydrogens (tertiary/aromatic N) is 1. The molecule has 1 aliphatic heterocycles. The number of carboxylic acid groups (broad SMARTS) is 1. The van der Waals surface area contributed by atoms with Crippen LogP contribution >= 0.6 is 0 Å². The van der Waals surface area contributed by atoms with Crippen LogP contribution in [-0.4, -0.2) is 41.7 Å². The van der Waals surface area contributed by atoms with Gasteiger partial charge in [-0.3, -0.25) is 9.69 Å². The number of benzene rings is 1. The number of carbonyl (C=O) groups is 1. The molecule has 0 saturated carbocycles. The van der Waals surface area contributed by atoms with E-state index in [1.807, 2.05) is 23.1 Å². The number of likely N-dealkylation sites (tertiary alicyclic amines) is 1. The number of hydrogen-bond acceptors (Lipinski definition) is 3. The van der Waals surface area contributed by atoms with Crippen LogP contribution in [0.1, 0.15) is 30.4 Å². The van der Waals surface area contributed by atoms with Crippen molar-refractivity contribution in [1.82, 2.24) is 4.90 Å². The highest BCUT2D eigenvalue weighted by atomic mass is 16.5. The third-order valence-corrected chi connectivity index (χ3v) is 4.02. The standard InChI is InChI=1S/C16H23NO3/c1-12-6-7-14(11-13(12)2)20-10-9-17-8-4-3-5-15(17)16(18)19/h6-7,11,15H,3-5,8-10H2,1-2H3,(H,18,19). The molecule has 2 rings (SSSR count). The molecule has 1 unspecified atom stereocenters. The molecule has 20 heavy (non-hydrogen) atoms. The molecule has 1 heterocycles. The number of piperidine rings is 1. The van der Waals surface area contributed by atoms with Gasteiger partial charge in [0.25, 0.3) is 0 Å². The molecule has 1 aromatic carbocycles. The van der Waals surface area contributed by atoms with Gasteiger partial charge < -0.3 is 9.84 Å². The van der Waals surface area contributed by atoms with E-state index in [1.54, 1.807) is 0 Å². The van der Waals surface area contributed by atoms with E-state index in [0.717, 1.165) is 31.6 Å². The average Bonchev–Trinajstić information content (AvgIpc) is 2.43. The summed E-state index contributed by atoms with van der Waals surface area (Å²) < 4.78 is 5.74. The fourth-order valence-electron chi connectivity index (χ4n) is 2.62. The van der Waals surface area contributed by atoms with Gasteiger partial charge in [-0.25, -0.2) is 0 Å². The smallest absolute Gasteiger partial charge is 0.320 e. The van der Waals surface area contributed by atoms with E-state index in [0.29, 0.717) is 13.2 Å². The molecule has 4 nitrogen and oxygen atoms in total. The SMILES string of the molecule is Cc1ccc(OCCN2CCCCC2C(=O)O)cc1C. The Bertz CT molecular complexity index is 473. The van der Waals surface area contributed by atoms with Crippen molar-refractivity contribution in [2.45, 2.75) is 39.2 Å². The Morgan fingerprint density at radius 2 is 2.15 bits per heavy atom. The van der Waals surface area contributed by atoms with Gasteiger partial charge in [-0.05, 0) is 56.5 Å². The third kappa shape index (κ3) is 3.73. The van der Waals surface area contributed by atoms with Gasteiger partial charge in [-0.1, -0.05) is 12.5 Å². The van der Waals surface area contributed by atoms with Crippen LogP contribution in [0.5, 0.6) is 5.75 Å². The topological polar surface area (TPSA) is 49.8 Å². The molecular weight excluding hydrogens is 254 g/mol. The Kier molecular flexibility index (Phi) is 5.01. The summed E-state index contributed by atoms with van der Waals surface area (Å²) in [5, 5.41) is 9.21. The zero-order valence-corrected chi connectivity index (χ0v) is 12.3. The maximum absolute atomic E-state index is 11.2. The fraction of sp³-hybridized carbons (Fsp3) is 0.562. The van der Waals surface area contributed by atoms with Crippen LogP contribution in [0.3, 0.4) is 0 Å². The molecule has 1 aliphatic rings. The first-order chi connectivity index (χ1) is 9.58. The van der Waals surface area contributed by atoms with Gasteiger partial charge in [-0.2, -0.15) is 0 Å². The highest BCUT2D eigenvalue weighted by Gasteiger charge is 2.27. The first-order valence-electron chi connectivity index (χ1n) is 7.25. The van der Waals surface area contributed by atoms with E-state index in [4.69, 9.17) is 4.74 Å². The molecular formula is C16H23NO3. The summed E-state index contributed by atoms with van der Waals surface area (Å²) in [5.41, 5.74) is 2.46. The van der Waals surface area contributed by atoms with Crippen LogP contribution in [0.15, 0.2) is 18.2 Å². The summed E-state index contributed by atoms with van der Waals surface area (Å²) in [6, 6.07) is 5.70. The van der Waals surface area contributed by atoms with E-state index >= 15 is 0 Å². The lowest BCUT2D eigenvalue weighted by Crippen LogP contribution is -2.46. The molecule has 0 bridgehead atoms. The van der Waals surface area contributed by atoms with Crippen LogP contribution in [-0.2, 0) is 4.79 Å². The summed E-state index contributed by atoms with van der Waals surface area (Å²) in [4.78, 5) is 13.2. The maximum Gasteiger partial charge on any atom is 0.320 e. The summed E-state index contributed by atoms with van der Waals surface area (Å²) >= 11 is 0. The van der Waals surface area contributed by atoms with Crippen LogP contribution in [0.2, 0.25) is 0 Å². The Labute approximate surface area is 120 Å². The second-order valence-corrected chi connectivity index (χ2v) is 5.48. The number of carboxylic acids is 1. The van der Waals surface area contributed by atoms with Crippen molar-refractivity contribution >= 4 is 5.97 Å². The van der Waals surface area contributed by atoms with Gasteiger partial charge in [0.15, 0.2) is 0 Å². The van der Waals surface area contributed by atoms with E-state index in [2.05, 4.69) is 13.8 Å². The number of aryl methyl sites for hydroxylation is 2. The summed E-state index contributed by atoms with van der Waals surface area (Å²) in [6.45, 7) is 6.20. The molecule has 1 saturated heterocycles. The zero-order chi connectivity index (χ0) is 14.5. The van der Waals surface area contributed by atoms with E-state index < -0.39 is 5.97 Å². The minimum atomic E-state index is -0.712. The van der Waals surface area contributed by atoms with Crippen molar-refractivity contribution in [2.24, 2.45) is 0 Å². The Morgan fingerprint density at radius 3 is 2.85 bits per heavy atom. The first-order valence-corrected chi connectivity index (χ1v) is 7.25. The van der Waals surface area contributed by atoms with Crippen molar-refractivity contribution in [1.29, 1.82) is 0 Å². The van der Waals surface area contributed by atoms with Crippen LogP contribution in [0.25, 0.3) is 0 Å². The maximum atomic E-state index is 11.2. The quantitative estimate of drug-likeness (QED) is 0.899. The van der Waals surface area contributed by atoms with E-state index in [9.17, 15) is 9.90 Å². The lowest BCUT2D eigenvalue weighted by atomic mass is 10.0. The first kappa shape index (κ1) is 14.9. The molecule has 0 spiro atoms. The Balaban J connectivity index is 1.85. The molecule has 1 fully saturated rings. The number of ether oxygens (including phenoxy) is 1. The van der Waals surface area contributed by atoms with Gasteiger partial charge in [-0.15, -0.1) is 0 Å². The largest absolute Gasteiger partial charge is 0.492 e. The van der Waals surface area contributed by atoms with E-state index in [1.165, 1.54) is 11.1 Å². The van der Waals surface area contributed by atoms with Crippen LogP contribution in [0, 0.1) is 13.8 Å². The van der Waals surface area contributed by atoms with Crippen molar-refractivity contribution in [3.63, 3.8) is 0 Å². The lowest BCUT2D eigenvalue weighted by Gasteiger charge is -2.32. The molecule has 4 heteroatoms. The molecule has 0 amide bonds. The predicted octanol–water partition coefficient (Wildman–Crippen LogP) is 2.62. The van der Waals surface area contributed by atoms with Gasteiger partial charge >= 0.3 is 5.97 Å². The predicted molar refractivity (Wildman–Crippen MR) is 78.3 cm³/mol. The van der Waals surface area contributed by atoms with Gasteiger partial charge in [0.1, 0.15) is 18.4 Å². The number of aliphatic carboxylic acids is 1. The monoisotopic (exact) mass is 277 g/mol. The molecule has 1 atom stereocenters. The van der Waals surface area contributed by atoms with Gasteiger partial charge in [0, 0.05) is 6.54 Å². The summed E-state index contributed by atoms with van der Waals surface area (Å²) in [6.07, 6.45) is 2.83. The molecule has 0 radical (unpaired) electrons. The van der Waals surface area contributed by atoms with Crippen molar-refractivity contribution in [3.8, 4) is 5.75 Å². The second-order valence-electron chi connectivity index (χ2n) is 5.48. The molecule has 1 aromatic rings. The zero-order valence-electron chi connectivity index (χ0n) is 12.3. The van der Waals surface area contributed by atoms with E-state index in [-0.39, 0.29) is 6.04 Å². The van der Waals surface area contributed by atoms with Gasteiger partial charge in [0.2, 0.25) is 0 Å². The van der Waals surface area contributed by atoms with Crippen LogP contribution in [0.4, 0.5) is 0 Å². The number of hydrogen-bond donors (Lipinski definition) is 1. The minimum absolute atomic E-state index is 0.341. The average molecular weight is 277 g/mol. The minimum Gasteiger partial charge on any atom is -0.492 e. The summed E-state index contributed by atoms with van der Waals surface area (Å²) in [7, 11) is 0. The highest BCUT2D eigenvalue weighted by molar-refractivity contribution is 5.73. The molecule has 1 N–H and O–H groups in total. The van der Waals surface area contributed by atoms with Crippen molar-refractivity contribution < 1.29 is 14.6 Å². The molecule has 110 valence electrons. The second kappa shape index (κ2) is 6.75. The molecule has 0 aromatic heterocycles. The molecule has 0 aliphatic carbocycles. The van der Waals surface area contributed by atoms with Crippen molar-refractivity contribution in [3.05, 3.63) is 29.3 Å². The van der Waals surface area contributed by atoms with Crippen LogP contribution < -0.4 is 4.74 Å². The summed E-state index contributed by atoms with van der Waals surface area (Å²) in [5.74, 6) is 0.146. The Morgan fingerprint density at radius 1 is 1.35 bits per heavy atom. The number of rotatable bonds is 5. The lowest BCUT2D eigenvalue weighted by molar-refractivity contribution is -0.144.